The van der Waals surface area contributed by atoms with Gasteiger partial charge in [0.2, 0.25) is 0 Å². The highest BCUT2D eigenvalue weighted by molar-refractivity contribution is 7.17. The maximum atomic E-state index is 8.72. The van der Waals surface area contributed by atoms with Crippen LogP contribution < -0.4 is 11.1 Å². The standard InChI is InChI=1S/C10H13N3S/c1-10(2-3-10)6-13-9-4-7(12)8(5-11)14-9/h4,13H,2-3,6,12H2,1H3. The molecule has 1 heterocycles. The molecule has 1 aliphatic carbocycles. The minimum absolute atomic E-state index is 0.478. The average Bonchev–Trinajstić information content (AvgIpc) is 2.77. The van der Waals surface area contributed by atoms with E-state index in [1.165, 1.54) is 24.2 Å². The van der Waals surface area contributed by atoms with Crippen LogP contribution in [-0.4, -0.2) is 6.54 Å². The summed E-state index contributed by atoms with van der Waals surface area (Å²) in [6.45, 7) is 3.25. The van der Waals surface area contributed by atoms with E-state index in [0.29, 0.717) is 16.0 Å². The van der Waals surface area contributed by atoms with Crippen molar-refractivity contribution < 1.29 is 0 Å². The monoisotopic (exact) mass is 207 g/mol. The second kappa shape index (κ2) is 3.18. The second-order valence-corrected chi connectivity index (χ2v) is 5.22. The lowest BCUT2D eigenvalue weighted by Gasteiger charge is -2.08. The number of hydrogen-bond acceptors (Lipinski definition) is 4. The van der Waals surface area contributed by atoms with E-state index in [2.05, 4.69) is 18.3 Å². The molecule has 0 radical (unpaired) electrons. The predicted octanol–water partition coefficient (Wildman–Crippen LogP) is 2.41. The maximum Gasteiger partial charge on any atom is 0.129 e. The minimum atomic E-state index is 0.478. The van der Waals surface area contributed by atoms with Crippen LogP contribution in [0, 0.1) is 16.7 Å². The van der Waals surface area contributed by atoms with Crippen molar-refractivity contribution in [1.29, 1.82) is 5.26 Å². The van der Waals surface area contributed by atoms with Gasteiger partial charge in [-0.1, -0.05) is 6.92 Å². The van der Waals surface area contributed by atoms with Gasteiger partial charge in [-0.2, -0.15) is 5.26 Å². The summed E-state index contributed by atoms with van der Waals surface area (Å²) in [4.78, 5) is 0.605. The lowest BCUT2D eigenvalue weighted by atomic mass is 10.1. The zero-order chi connectivity index (χ0) is 10.2. The van der Waals surface area contributed by atoms with Crippen molar-refractivity contribution >= 4 is 22.0 Å². The lowest BCUT2D eigenvalue weighted by Crippen LogP contribution is -2.10. The fraction of sp³-hybridized carbons (Fsp3) is 0.500. The first-order valence-electron chi connectivity index (χ1n) is 4.66. The van der Waals surface area contributed by atoms with Crippen molar-refractivity contribution in [3.63, 3.8) is 0 Å². The molecule has 0 saturated heterocycles. The van der Waals surface area contributed by atoms with Gasteiger partial charge in [0.05, 0.1) is 10.7 Å². The summed E-state index contributed by atoms with van der Waals surface area (Å²) in [7, 11) is 0. The van der Waals surface area contributed by atoms with E-state index in [1.54, 1.807) is 0 Å². The Kier molecular flexibility index (Phi) is 2.12. The highest BCUT2D eigenvalue weighted by Gasteiger charge is 2.36. The Labute approximate surface area is 87.5 Å². The molecule has 74 valence electrons. The summed E-state index contributed by atoms with van der Waals surface area (Å²) >= 11 is 1.43. The molecule has 0 atom stereocenters. The fourth-order valence-corrected chi connectivity index (χ4v) is 2.04. The fourth-order valence-electron chi connectivity index (χ4n) is 1.27. The Balaban J connectivity index is 2.00. The van der Waals surface area contributed by atoms with Crippen LogP contribution in [0.4, 0.5) is 10.7 Å². The Morgan fingerprint density at radius 1 is 1.71 bits per heavy atom. The third kappa shape index (κ3) is 1.83. The SMILES string of the molecule is CC1(CNc2cc(N)c(C#N)s2)CC1. The number of hydrogen-bond donors (Lipinski definition) is 2. The molecular formula is C10H13N3S. The molecule has 1 aromatic heterocycles. The Morgan fingerprint density at radius 3 is 2.93 bits per heavy atom. The van der Waals surface area contributed by atoms with E-state index in [-0.39, 0.29) is 0 Å². The molecule has 1 aliphatic rings. The summed E-state index contributed by atoms with van der Waals surface area (Å²) in [6.07, 6.45) is 2.60. The van der Waals surface area contributed by atoms with Gasteiger partial charge in [0, 0.05) is 6.54 Å². The van der Waals surface area contributed by atoms with Crippen LogP contribution in [0.15, 0.2) is 6.07 Å². The Bertz CT molecular complexity index is 385. The van der Waals surface area contributed by atoms with Crippen LogP contribution in [0.5, 0.6) is 0 Å². The van der Waals surface area contributed by atoms with Crippen molar-refractivity contribution in [2.24, 2.45) is 5.41 Å². The first-order chi connectivity index (χ1) is 6.63. The maximum absolute atomic E-state index is 8.72. The molecule has 1 aromatic rings. The molecule has 0 spiro atoms. The summed E-state index contributed by atoms with van der Waals surface area (Å²) in [6, 6.07) is 3.92. The third-order valence-corrected chi connectivity index (χ3v) is 3.67. The number of nitriles is 1. The second-order valence-electron chi connectivity index (χ2n) is 4.17. The normalized spacial score (nSPS) is 17.4. The third-order valence-electron chi connectivity index (χ3n) is 2.66. The summed E-state index contributed by atoms with van der Waals surface area (Å²) < 4.78 is 0. The van der Waals surface area contributed by atoms with E-state index in [1.807, 2.05) is 6.07 Å². The largest absolute Gasteiger partial charge is 0.397 e. The van der Waals surface area contributed by atoms with Gasteiger partial charge < -0.3 is 11.1 Å². The number of rotatable bonds is 3. The molecular weight excluding hydrogens is 194 g/mol. The van der Waals surface area contributed by atoms with Crippen molar-refractivity contribution in [3.8, 4) is 6.07 Å². The van der Waals surface area contributed by atoms with Crippen molar-refractivity contribution in [2.45, 2.75) is 19.8 Å². The molecule has 1 fully saturated rings. The molecule has 0 amide bonds. The summed E-state index contributed by atoms with van der Waals surface area (Å²) in [5.74, 6) is 0. The van der Waals surface area contributed by atoms with Crippen LogP contribution in [0.25, 0.3) is 0 Å². The van der Waals surface area contributed by atoms with Crippen LogP contribution in [0.1, 0.15) is 24.6 Å². The minimum Gasteiger partial charge on any atom is -0.397 e. The molecule has 14 heavy (non-hydrogen) atoms. The van der Waals surface area contributed by atoms with Crippen LogP contribution in [-0.2, 0) is 0 Å². The van der Waals surface area contributed by atoms with Gasteiger partial charge >= 0.3 is 0 Å². The lowest BCUT2D eigenvalue weighted by molar-refractivity contribution is 0.611. The highest BCUT2D eigenvalue weighted by Crippen LogP contribution is 2.45. The number of anilines is 2. The topological polar surface area (TPSA) is 61.8 Å². The Hall–Kier alpha value is -1.21. The van der Waals surface area contributed by atoms with Gasteiger partial charge in [-0.25, -0.2) is 0 Å². The molecule has 0 unspecified atom stereocenters. The van der Waals surface area contributed by atoms with Gasteiger partial charge in [0.15, 0.2) is 0 Å². The van der Waals surface area contributed by atoms with Gasteiger partial charge in [0.1, 0.15) is 10.9 Å². The number of nitrogens with two attached hydrogens (primary N) is 1. The summed E-state index contributed by atoms with van der Waals surface area (Å²) in [5.41, 5.74) is 6.72. The van der Waals surface area contributed by atoms with E-state index in [9.17, 15) is 0 Å². The molecule has 2 rings (SSSR count). The zero-order valence-corrected chi connectivity index (χ0v) is 8.95. The predicted molar refractivity (Wildman–Crippen MR) is 59.3 cm³/mol. The number of nitrogens with zero attached hydrogens (tertiary/aromatic N) is 1. The molecule has 3 N–H and O–H groups in total. The highest BCUT2D eigenvalue weighted by atomic mass is 32.1. The van der Waals surface area contributed by atoms with Crippen molar-refractivity contribution in [3.05, 3.63) is 10.9 Å². The van der Waals surface area contributed by atoms with Crippen LogP contribution in [0.2, 0.25) is 0 Å². The number of thiophene rings is 1. The molecule has 0 bridgehead atoms. The zero-order valence-electron chi connectivity index (χ0n) is 8.13. The van der Waals surface area contributed by atoms with Gasteiger partial charge in [-0.3, -0.25) is 0 Å². The van der Waals surface area contributed by atoms with E-state index in [4.69, 9.17) is 11.0 Å². The van der Waals surface area contributed by atoms with E-state index >= 15 is 0 Å². The number of nitrogen functional groups attached to an aromatic ring is 1. The first-order valence-corrected chi connectivity index (χ1v) is 5.48. The first kappa shape index (κ1) is 9.35. The molecule has 0 aliphatic heterocycles. The Morgan fingerprint density at radius 2 is 2.43 bits per heavy atom. The van der Waals surface area contributed by atoms with Crippen LogP contribution in [0.3, 0.4) is 0 Å². The van der Waals surface area contributed by atoms with Crippen molar-refractivity contribution in [2.75, 3.05) is 17.6 Å². The van der Waals surface area contributed by atoms with E-state index in [0.717, 1.165) is 11.5 Å². The van der Waals surface area contributed by atoms with Gasteiger partial charge in [0.25, 0.3) is 0 Å². The molecule has 1 saturated carbocycles. The molecule has 0 aromatic carbocycles. The molecule has 4 heteroatoms. The number of nitrogens with one attached hydrogen (secondary N) is 1. The van der Waals surface area contributed by atoms with Crippen molar-refractivity contribution in [1.82, 2.24) is 0 Å². The average molecular weight is 207 g/mol. The quantitative estimate of drug-likeness (QED) is 0.800. The van der Waals surface area contributed by atoms with Crippen LogP contribution >= 0.6 is 11.3 Å². The smallest absolute Gasteiger partial charge is 0.129 e. The van der Waals surface area contributed by atoms with E-state index < -0.39 is 0 Å². The van der Waals surface area contributed by atoms with Gasteiger partial charge in [-0.05, 0) is 24.3 Å². The van der Waals surface area contributed by atoms with Gasteiger partial charge in [-0.15, -0.1) is 11.3 Å². The summed E-state index contributed by atoms with van der Waals surface area (Å²) in [5, 5.41) is 13.1. The molecule has 3 nitrogen and oxygen atoms in total.